The molecule has 0 radical (unpaired) electrons. The standard InChI is InChI=1S/C36H27N3O5/c1-43-29-13-7-4-10-26(29)33(41)31-30(32(40)23-14-16-24(17-15-23)44-21-19-37)36(27-11-5-6-12-28(27)38-35(36)42)34-25-9-3-2-8-22(25)18-20-39(31)34/h2-18,20,30-31,34H,21H2,1H3,(H,38,42)/t30-,31+,34+,36-/m0/s1. The SMILES string of the molecule is COc1ccccc1C(=O)[C@H]1[C@@H](C(=O)c2ccc(OCC#N)cc2)[C@]2(C(=O)Nc3ccccc32)[C@H]2c3ccccc3C=CN12. The first kappa shape index (κ1) is 27.2. The van der Waals surface area contributed by atoms with Crippen molar-refractivity contribution >= 4 is 29.2 Å². The molecule has 3 aliphatic heterocycles. The van der Waals surface area contributed by atoms with Crippen molar-refractivity contribution in [2.45, 2.75) is 17.5 Å². The van der Waals surface area contributed by atoms with Crippen LogP contribution >= 0.6 is 0 Å². The Morgan fingerprint density at radius 3 is 2.45 bits per heavy atom. The fourth-order valence-corrected chi connectivity index (χ4v) is 7.19. The maximum absolute atomic E-state index is 14.9. The first-order valence-corrected chi connectivity index (χ1v) is 14.3. The van der Waals surface area contributed by atoms with E-state index < -0.39 is 23.4 Å². The fraction of sp³-hybridized carbons (Fsp3) is 0.167. The number of Topliss-reactive ketones (excluding diaryl/α,β-unsaturated/α-hetero) is 2. The van der Waals surface area contributed by atoms with Crippen molar-refractivity contribution in [1.29, 1.82) is 5.26 Å². The summed E-state index contributed by atoms with van der Waals surface area (Å²) in [6.07, 6.45) is 3.77. The molecule has 216 valence electrons. The molecule has 4 aromatic rings. The lowest BCUT2D eigenvalue weighted by molar-refractivity contribution is -0.122. The van der Waals surface area contributed by atoms with Crippen LogP contribution in [0.1, 0.15) is 43.4 Å². The molecule has 0 aliphatic carbocycles. The Bertz CT molecular complexity index is 1890. The number of carbonyl (C=O) groups excluding carboxylic acids is 3. The number of nitrogens with zero attached hydrogens (tertiary/aromatic N) is 2. The Morgan fingerprint density at radius 1 is 0.932 bits per heavy atom. The number of ketones is 2. The molecule has 7 rings (SSSR count). The molecule has 0 unspecified atom stereocenters. The van der Waals surface area contributed by atoms with Gasteiger partial charge in [-0.3, -0.25) is 14.4 Å². The van der Waals surface area contributed by atoms with Crippen LogP contribution < -0.4 is 14.8 Å². The van der Waals surface area contributed by atoms with Crippen molar-refractivity contribution in [3.05, 3.63) is 131 Å². The predicted octanol–water partition coefficient (Wildman–Crippen LogP) is 5.58. The van der Waals surface area contributed by atoms with E-state index in [0.29, 0.717) is 33.9 Å². The highest BCUT2D eigenvalue weighted by Crippen LogP contribution is 2.62. The van der Waals surface area contributed by atoms with E-state index in [4.69, 9.17) is 14.7 Å². The minimum absolute atomic E-state index is 0.131. The summed E-state index contributed by atoms with van der Waals surface area (Å²) < 4.78 is 11.0. The van der Waals surface area contributed by atoms with Gasteiger partial charge in [-0.15, -0.1) is 0 Å². The van der Waals surface area contributed by atoms with Gasteiger partial charge in [0.1, 0.15) is 29.0 Å². The number of amides is 1. The molecule has 44 heavy (non-hydrogen) atoms. The molecule has 4 atom stereocenters. The number of anilines is 1. The number of hydrogen-bond donors (Lipinski definition) is 1. The molecular formula is C36H27N3O5. The molecule has 3 aliphatic rings. The minimum Gasteiger partial charge on any atom is -0.496 e. The summed E-state index contributed by atoms with van der Waals surface area (Å²) in [6, 6.07) is 28.8. The summed E-state index contributed by atoms with van der Waals surface area (Å²) in [6.45, 7) is -0.131. The van der Waals surface area contributed by atoms with E-state index in [1.807, 2.05) is 71.8 Å². The number of nitrogens with one attached hydrogen (secondary N) is 1. The molecule has 0 aromatic heterocycles. The van der Waals surface area contributed by atoms with Crippen molar-refractivity contribution in [3.8, 4) is 17.6 Å². The van der Waals surface area contributed by atoms with E-state index in [-0.39, 0.29) is 24.1 Å². The summed E-state index contributed by atoms with van der Waals surface area (Å²) in [5.41, 5.74) is 2.28. The van der Waals surface area contributed by atoms with Crippen LogP contribution in [-0.2, 0) is 10.2 Å². The van der Waals surface area contributed by atoms with Crippen LogP contribution in [0.15, 0.2) is 103 Å². The van der Waals surface area contributed by atoms with E-state index in [1.165, 1.54) is 7.11 Å². The summed E-state index contributed by atoms with van der Waals surface area (Å²) in [5.74, 6) is -1.30. The van der Waals surface area contributed by atoms with Crippen molar-refractivity contribution < 1.29 is 23.9 Å². The molecule has 1 N–H and O–H groups in total. The molecule has 4 aromatic carbocycles. The lowest BCUT2D eigenvalue weighted by Gasteiger charge is -2.38. The molecular weight excluding hydrogens is 554 g/mol. The molecule has 1 saturated heterocycles. The molecule has 1 spiro atoms. The molecule has 3 heterocycles. The fourth-order valence-electron chi connectivity index (χ4n) is 7.19. The number of hydrogen-bond acceptors (Lipinski definition) is 7. The van der Waals surface area contributed by atoms with Crippen molar-refractivity contribution in [2.75, 3.05) is 19.0 Å². The third-order valence-corrected chi connectivity index (χ3v) is 8.94. The van der Waals surface area contributed by atoms with Gasteiger partial charge in [0, 0.05) is 17.5 Å². The van der Waals surface area contributed by atoms with Crippen LogP contribution in [0.5, 0.6) is 11.5 Å². The number of benzene rings is 4. The van der Waals surface area contributed by atoms with Gasteiger partial charge in [-0.25, -0.2) is 0 Å². The maximum atomic E-state index is 14.9. The third-order valence-electron chi connectivity index (χ3n) is 8.94. The van der Waals surface area contributed by atoms with E-state index in [9.17, 15) is 14.4 Å². The highest BCUT2D eigenvalue weighted by Gasteiger charge is 2.70. The van der Waals surface area contributed by atoms with Crippen LogP contribution in [0.3, 0.4) is 0 Å². The second-order valence-electron chi connectivity index (χ2n) is 11.0. The van der Waals surface area contributed by atoms with Gasteiger partial charge in [0.05, 0.1) is 24.6 Å². The molecule has 1 amide bonds. The smallest absolute Gasteiger partial charge is 0.238 e. The first-order valence-electron chi connectivity index (χ1n) is 14.3. The van der Waals surface area contributed by atoms with E-state index in [1.54, 1.807) is 48.5 Å². The Kier molecular flexibility index (Phi) is 6.51. The van der Waals surface area contributed by atoms with Crippen molar-refractivity contribution in [2.24, 2.45) is 5.92 Å². The quantitative estimate of drug-likeness (QED) is 0.284. The second kappa shape index (κ2) is 10.5. The van der Waals surface area contributed by atoms with Gasteiger partial charge in [0.2, 0.25) is 5.91 Å². The number of methoxy groups -OCH3 is 1. The average Bonchev–Trinajstić information content (AvgIpc) is 3.55. The van der Waals surface area contributed by atoms with Gasteiger partial charge < -0.3 is 19.7 Å². The number of para-hydroxylation sites is 2. The van der Waals surface area contributed by atoms with E-state index in [0.717, 1.165) is 11.1 Å². The van der Waals surface area contributed by atoms with Gasteiger partial charge >= 0.3 is 0 Å². The van der Waals surface area contributed by atoms with Crippen LogP contribution in [0.4, 0.5) is 5.69 Å². The maximum Gasteiger partial charge on any atom is 0.238 e. The average molecular weight is 582 g/mol. The predicted molar refractivity (Wildman–Crippen MR) is 163 cm³/mol. The number of fused-ring (bicyclic) bond motifs is 6. The first-order chi connectivity index (χ1) is 21.5. The summed E-state index contributed by atoms with van der Waals surface area (Å²) in [4.78, 5) is 46.2. The highest BCUT2D eigenvalue weighted by molar-refractivity contribution is 6.17. The molecule has 1 fully saturated rings. The Labute approximate surface area is 254 Å². The van der Waals surface area contributed by atoms with Crippen LogP contribution in [-0.4, -0.2) is 42.1 Å². The van der Waals surface area contributed by atoms with E-state index >= 15 is 0 Å². The van der Waals surface area contributed by atoms with Gasteiger partial charge in [-0.1, -0.05) is 54.6 Å². The van der Waals surface area contributed by atoms with Crippen LogP contribution in [0, 0.1) is 17.2 Å². The summed E-state index contributed by atoms with van der Waals surface area (Å²) in [7, 11) is 1.50. The van der Waals surface area contributed by atoms with Crippen LogP contribution in [0.25, 0.3) is 6.08 Å². The van der Waals surface area contributed by atoms with Crippen molar-refractivity contribution in [1.82, 2.24) is 4.90 Å². The lowest BCUT2D eigenvalue weighted by Crippen LogP contribution is -2.49. The van der Waals surface area contributed by atoms with Gasteiger partial charge in [0.15, 0.2) is 18.2 Å². The number of ether oxygens (including phenoxy) is 2. The number of nitriles is 1. The molecule has 8 nitrogen and oxygen atoms in total. The zero-order valence-corrected chi connectivity index (χ0v) is 23.8. The number of carbonyl (C=O) groups is 3. The van der Waals surface area contributed by atoms with E-state index in [2.05, 4.69) is 5.32 Å². The van der Waals surface area contributed by atoms with Gasteiger partial charge in [-0.05, 0) is 65.2 Å². The van der Waals surface area contributed by atoms with Gasteiger partial charge in [0.25, 0.3) is 0 Å². The second-order valence-corrected chi connectivity index (χ2v) is 11.0. The molecule has 0 saturated carbocycles. The topological polar surface area (TPSA) is 109 Å². The summed E-state index contributed by atoms with van der Waals surface area (Å²) >= 11 is 0. The lowest BCUT2D eigenvalue weighted by atomic mass is 9.62. The Balaban J connectivity index is 1.49. The Hall–Kier alpha value is -5.68. The normalized spacial score (nSPS) is 22.4. The zero-order valence-electron chi connectivity index (χ0n) is 23.8. The monoisotopic (exact) mass is 581 g/mol. The van der Waals surface area contributed by atoms with Crippen LogP contribution in [0.2, 0.25) is 0 Å². The summed E-state index contributed by atoms with van der Waals surface area (Å²) in [5, 5.41) is 12.0. The molecule has 0 bridgehead atoms. The Morgan fingerprint density at radius 2 is 1.66 bits per heavy atom. The molecule has 8 heteroatoms. The largest absolute Gasteiger partial charge is 0.496 e. The third kappa shape index (κ3) is 3.86. The highest BCUT2D eigenvalue weighted by atomic mass is 16.5. The zero-order chi connectivity index (χ0) is 30.4. The van der Waals surface area contributed by atoms with Gasteiger partial charge in [-0.2, -0.15) is 5.26 Å². The van der Waals surface area contributed by atoms with Crippen molar-refractivity contribution in [3.63, 3.8) is 0 Å². The minimum atomic E-state index is -1.44. The number of rotatable bonds is 7.